The molecule has 1 aromatic carbocycles. The fourth-order valence-electron chi connectivity index (χ4n) is 2.53. The molecular weight excluding hydrogens is 286 g/mol. The van der Waals surface area contributed by atoms with Crippen molar-refractivity contribution in [2.45, 2.75) is 39.4 Å². The minimum atomic E-state index is 0.458. The highest BCUT2D eigenvalue weighted by molar-refractivity contribution is 6.30. The minimum absolute atomic E-state index is 0.458. The summed E-state index contributed by atoms with van der Waals surface area (Å²) in [5.74, 6) is 0.983. The van der Waals surface area contributed by atoms with Gasteiger partial charge in [-0.2, -0.15) is 5.10 Å². The van der Waals surface area contributed by atoms with Gasteiger partial charge in [0.25, 0.3) is 0 Å². The Morgan fingerprint density at radius 2 is 2.29 bits per heavy atom. The summed E-state index contributed by atoms with van der Waals surface area (Å²) in [6.07, 6.45) is 2.94. The van der Waals surface area contributed by atoms with E-state index in [0.717, 1.165) is 41.6 Å². The first-order chi connectivity index (χ1) is 10.1. The molecule has 0 fully saturated rings. The molecule has 0 radical (unpaired) electrons. The van der Waals surface area contributed by atoms with Crippen molar-refractivity contribution in [1.82, 2.24) is 15.1 Å². The van der Waals surface area contributed by atoms with E-state index >= 15 is 0 Å². The van der Waals surface area contributed by atoms with Crippen LogP contribution < -0.4 is 10.1 Å². The number of halogens is 1. The van der Waals surface area contributed by atoms with E-state index in [1.807, 2.05) is 29.1 Å². The van der Waals surface area contributed by atoms with Crippen LogP contribution in [0.5, 0.6) is 5.75 Å². The molecule has 0 saturated heterocycles. The molecule has 1 N–H and O–H groups in total. The van der Waals surface area contributed by atoms with Crippen molar-refractivity contribution in [1.29, 1.82) is 0 Å². The second kappa shape index (κ2) is 6.08. The Labute approximate surface area is 130 Å². The molecule has 1 aromatic heterocycles. The van der Waals surface area contributed by atoms with E-state index in [1.54, 1.807) is 0 Å². The predicted molar refractivity (Wildman–Crippen MR) is 84.0 cm³/mol. The van der Waals surface area contributed by atoms with Gasteiger partial charge >= 0.3 is 0 Å². The Kier molecular flexibility index (Phi) is 4.17. The third-order valence-corrected chi connectivity index (χ3v) is 3.76. The van der Waals surface area contributed by atoms with Crippen molar-refractivity contribution in [2.24, 2.45) is 0 Å². The number of nitrogens with zero attached hydrogens (tertiary/aromatic N) is 2. The van der Waals surface area contributed by atoms with E-state index in [4.69, 9.17) is 16.3 Å². The average Bonchev–Trinajstić information content (AvgIpc) is 3.05. The van der Waals surface area contributed by atoms with Crippen LogP contribution in [0.1, 0.15) is 30.7 Å². The van der Waals surface area contributed by atoms with Gasteiger partial charge in [0.2, 0.25) is 0 Å². The smallest absolute Gasteiger partial charge is 0.127 e. The number of benzene rings is 1. The molecule has 1 aliphatic heterocycles. The van der Waals surface area contributed by atoms with E-state index in [0.29, 0.717) is 12.6 Å². The summed E-state index contributed by atoms with van der Waals surface area (Å²) >= 11 is 6.19. The van der Waals surface area contributed by atoms with Crippen molar-refractivity contribution < 1.29 is 4.74 Å². The van der Waals surface area contributed by atoms with E-state index in [9.17, 15) is 0 Å². The third kappa shape index (κ3) is 3.39. The zero-order chi connectivity index (χ0) is 14.8. The lowest BCUT2D eigenvalue weighted by atomic mass is 10.1. The number of aromatic nitrogens is 2. The monoisotopic (exact) mass is 305 g/mol. The highest BCUT2D eigenvalue weighted by Crippen LogP contribution is 2.33. The maximum absolute atomic E-state index is 6.19. The van der Waals surface area contributed by atoms with Gasteiger partial charge in [0, 0.05) is 35.8 Å². The standard InChI is InChI=1S/C16H20ClN3O/c1-11(2)18-9-15-3-5-20(19-15)10-13-8-14(17)7-12-4-6-21-16(12)13/h3,5,7-8,11,18H,4,6,9-10H2,1-2H3. The van der Waals surface area contributed by atoms with Gasteiger partial charge in [-0.1, -0.05) is 25.4 Å². The molecule has 1 aliphatic rings. The Balaban J connectivity index is 1.75. The van der Waals surface area contributed by atoms with Crippen molar-refractivity contribution in [3.63, 3.8) is 0 Å². The molecule has 0 saturated carbocycles. The number of fused-ring (bicyclic) bond motifs is 1. The van der Waals surface area contributed by atoms with Crippen LogP contribution in [0.25, 0.3) is 0 Å². The van der Waals surface area contributed by atoms with Crippen LogP contribution in [0.2, 0.25) is 5.02 Å². The van der Waals surface area contributed by atoms with Crippen molar-refractivity contribution in [3.05, 3.63) is 46.2 Å². The highest BCUT2D eigenvalue weighted by atomic mass is 35.5. The summed E-state index contributed by atoms with van der Waals surface area (Å²) < 4.78 is 7.67. The molecule has 0 aliphatic carbocycles. The Hall–Kier alpha value is -1.52. The molecule has 5 heteroatoms. The molecule has 4 nitrogen and oxygen atoms in total. The van der Waals surface area contributed by atoms with E-state index in [1.165, 1.54) is 5.56 Å². The number of ether oxygens (including phenoxy) is 1. The van der Waals surface area contributed by atoms with Crippen molar-refractivity contribution in [2.75, 3.05) is 6.61 Å². The van der Waals surface area contributed by atoms with Gasteiger partial charge in [0.1, 0.15) is 5.75 Å². The molecule has 0 atom stereocenters. The zero-order valence-electron chi connectivity index (χ0n) is 12.4. The lowest BCUT2D eigenvalue weighted by Crippen LogP contribution is -2.22. The molecule has 112 valence electrons. The molecule has 0 bridgehead atoms. The first-order valence-corrected chi connectivity index (χ1v) is 7.69. The Morgan fingerprint density at radius 1 is 1.43 bits per heavy atom. The van der Waals surface area contributed by atoms with Crippen LogP contribution in [0, 0.1) is 0 Å². The van der Waals surface area contributed by atoms with Crippen molar-refractivity contribution in [3.8, 4) is 5.75 Å². The van der Waals surface area contributed by atoms with Gasteiger partial charge in [-0.15, -0.1) is 0 Å². The predicted octanol–water partition coefficient (Wildman–Crippen LogP) is 3.02. The first-order valence-electron chi connectivity index (χ1n) is 7.31. The topological polar surface area (TPSA) is 39.1 Å². The molecule has 2 heterocycles. The Morgan fingerprint density at radius 3 is 3.10 bits per heavy atom. The largest absolute Gasteiger partial charge is 0.493 e. The normalized spacial score (nSPS) is 13.5. The van der Waals surface area contributed by atoms with Crippen LogP contribution >= 0.6 is 11.6 Å². The molecule has 0 unspecified atom stereocenters. The molecule has 0 spiro atoms. The lowest BCUT2D eigenvalue weighted by Gasteiger charge is -2.09. The summed E-state index contributed by atoms with van der Waals surface area (Å²) in [5, 5.41) is 8.72. The summed E-state index contributed by atoms with van der Waals surface area (Å²) in [6, 6.07) is 6.47. The van der Waals surface area contributed by atoms with Crippen LogP contribution in [-0.2, 0) is 19.5 Å². The number of nitrogens with one attached hydrogen (secondary N) is 1. The average molecular weight is 306 g/mol. The summed E-state index contributed by atoms with van der Waals surface area (Å²) in [7, 11) is 0. The summed E-state index contributed by atoms with van der Waals surface area (Å²) in [4.78, 5) is 0. The first kappa shape index (κ1) is 14.4. The van der Waals surface area contributed by atoms with Crippen LogP contribution in [0.15, 0.2) is 24.4 Å². The maximum Gasteiger partial charge on any atom is 0.127 e. The van der Waals surface area contributed by atoms with E-state index < -0.39 is 0 Å². The molecular formula is C16H20ClN3O. The molecule has 0 amide bonds. The quantitative estimate of drug-likeness (QED) is 0.923. The van der Waals surface area contributed by atoms with Crippen LogP contribution in [-0.4, -0.2) is 22.4 Å². The Bertz CT molecular complexity index is 636. The van der Waals surface area contributed by atoms with Gasteiger partial charge in [-0.05, 0) is 23.8 Å². The van der Waals surface area contributed by atoms with E-state index in [2.05, 4.69) is 24.3 Å². The second-order valence-electron chi connectivity index (χ2n) is 5.69. The third-order valence-electron chi connectivity index (χ3n) is 3.55. The summed E-state index contributed by atoms with van der Waals surface area (Å²) in [6.45, 7) is 6.47. The fraction of sp³-hybridized carbons (Fsp3) is 0.438. The zero-order valence-corrected chi connectivity index (χ0v) is 13.2. The number of rotatable bonds is 5. The van der Waals surface area contributed by atoms with E-state index in [-0.39, 0.29) is 0 Å². The van der Waals surface area contributed by atoms with Crippen LogP contribution in [0.3, 0.4) is 0 Å². The summed E-state index contributed by atoms with van der Waals surface area (Å²) in [5.41, 5.74) is 3.34. The van der Waals surface area contributed by atoms with Gasteiger partial charge in [0.15, 0.2) is 0 Å². The van der Waals surface area contributed by atoms with Crippen molar-refractivity contribution >= 4 is 11.6 Å². The lowest BCUT2D eigenvalue weighted by molar-refractivity contribution is 0.352. The highest BCUT2D eigenvalue weighted by Gasteiger charge is 2.18. The van der Waals surface area contributed by atoms with Crippen LogP contribution in [0.4, 0.5) is 0 Å². The fourth-order valence-corrected chi connectivity index (χ4v) is 2.80. The molecule has 21 heavy (non-hydrogen) atoms. The van der Waals surface area contributed by atoms with Gasteiger partial charge < -0.3 is 10.1 Å². The minimum Gasteiger partial charge on any atom is -0.493 e. The number of hydrogen-bond acceptors (Lipinski definition) is 3. The SMILES string of the molecule is CC(C)NCc1ccn(Cc2cc(Cl)cc3c2OCC3)n1. The maximum atomic E-state index is 6.19. The van der Waals surface area contributed by atoms with Gasteiger partial charge in [-0.3, -0.25) is 4.68 Å². The second-order valence-corrected chi connectivity index (χ2v) is 6.13. The number of hydrogen-bond donors (Lipinski definition) is 1. The van der Waals surface area contributed by atoms with Gasteiger partial charge in [-0.25, -0.2) is 0 Å². The molecule has 3 rings (SSSR count). The molecule has 2 aromatic rings. The van der Waals surface area contributed by atoms with Gasteiger partial charge in [0.05, 0.1) is 18.8 Å².